The molecule has 0 N–H and O–H groups in total. The van der Waals surface area contributed by atoms with Crippen molar-refractivity contribution in [1.82, 2.24) is 14.7 Å². The number of methoxy groups -OCH3 is 1. The lowest BCUT2D eigenvalue weighted by Gasteiger charge is -2.22. The van der Waals surface area contributed by atoms with Crippen molar-refractivity contribution in [3.63, 3.8) is 0 Å². The fourth-order valence-corrected chi connectivity index (χ4v) is 2.59. The van der Waals surface area contributed by atoms with E-state index in [1.807, 2.05) is 24.1 Å². The number of aromatic nitrogens is 2. The number of rotatable bonds is 5. The Labute approximate surface area is 147 Å². The molecule has 1 aromatic heterocycles. The lowest BCUT2D eigenvalue weighted by Crippen LogP contribution is -2.33. The van der Waals surface area contributed by atoms with Gasteiger partial charge in [-0.15, -0.1) is 0 Å². The maximum absolute atomic E-state index is 12.1. The maximum Gasteiger partial charge on any atom is 0.267 e. The molecule has 2 aromatic rings. The number of hydrogen-bond acceptors (Lipinski definition) is 4. The first-order chi connectivity index (χ1) is 11.2. The first-order valence-electron chi connectivity index (χ1n) is 7.80. The molecule has 0 saturated carbocycles. The van der Waals surface area contributed by atoms with E-state index < -0.39 is 0 Å². The molecule has 0 spiro atoms. The zero-order chi connectivity index (χ0) is 17.9. The SMILES string of the molecule is COc1ccc(Cl)cc1CN(C)Cn1nc(C(C)(C)C)ccc1=O. The van der Waals surface area contributed by atoms with Crippen molar-refractivity contribution in [1.29, 1.82) is 0 Å². The summed E-state index contributed by atoms with van der Waals surface area (Å²) in [7, 11) is 3.56. The summed E-state index contributed by atoms with van der Waals surface area (Å²) >= 11 is 6.07. The van der Waals surface area contributed by atoms with Gasteiger partial charge in [-0.05, 0) is 31.3 Å². The average molecular weight is 350 g/mol. The standard InChI is InChI=1S/C18H24ClN3O2/c1-18(2,3)16-8-9-17(23)22(20-16)12-21(4)11-13-10-14(19)6-7-15(13)24-5/h6-10H,11-12H2,1-5H3. The van der Waals surface area contributed by atoms with Crippen LogP contribution in [0, 0.1) is 0 Å². The molecule has 0 saturated heterocycles. The van der Waals surface area contributed by atoms with Gasteiger partial charge in [-0.3, -0.25) is 9.69 Å². The van der Waals surface area contributed by atoms with Gasteiger partial charge in [0.1, 0.15) is 5.75 Å². The first-order valence-corrected chi connectivity index (χ1v) is 8.18. The van der Waals surface area contributed by atoms with Crippen LogP contribution < -0.4 is 10.3 Å². The molecule has 0 atom stereocenters. The Morgan fingerprint density at radius 3 is 2.58 bits per heavy atom. The minimum atomic E-state index is -0.118. The Hall–Kier alpha value is -1.85. The zero-order valence-corrected chi connectivity index (χ0v) is 15.6. The van der Waals surface area contributed by atoms with Crippen LogP contribution in [0.1, 0.15) is 32.0 Å². The lowest BCUT2D eigenvalue weighted by molar-refractivity contribution is 0.234. The summed E-state index contributed by atoms with van der Waals surface area (Å²) in [6, 6.07) is 8.87. The third-order valence-electron chi connectivity index (χ3n) is 3.69. The highest BCUT2D eigenvalue weighted by atomic mass is 35.5. The van der Waals surface area contributed by atoms with Gasteiger partial charge < -0.3 is 4.74 Å². The predicted octanol–water partition coefficient (Wildman–Crippen LogP) is 3.29. The van der Waals surface area contributed by atoms with Crippen molar-refractivity contribution in [3.8, 4) is 5.75 Å². The fraction of sp³-hybridized carbons (Fsp3) is 0.444. The van der Waals surface area contributed by atoms with E-state index in [0.717, 1.165) is 17.0 Å². The molecular weight excluding hydrogens is 326 g/mol. The van der Waals surface area contributed by atoms with Gasteiger partial charge in [-0.2, -0.15) is 5.10 Å². The van der Waals surface area contributed by atoms with E-state index in [4.69, 9.17) is 16.3 Å². The third-order valence-corrected chi connectivity index (χ3v) is 3.93. The van der Waals surface area contributed by atoms with Crippen LogP contribution in [0.3, 0.4) is 0 Å². The summed E-state index contributed by atoms with van der Waals surface area (Å²) in [6.07, 6.45) is 0. The van der Waals surface area contributed by atoms with Crippen LogP contribution in [0.2, 0.25) is 5.02 Å². The molecule has 1 aromatic carbocycles. The van der Waals surface area contributed by atoms with Crippen LogP contribution in [-0.4, -0.2) is 28.8 Å². The highest BCUT2D eigenvalue weighted by molar-refractivity contribution is 6.30. The van der Waals surface area contributed by atoms with Crippen LogP contribution in [-0.2, 0) is 18.6 Å². The maximum atomic E-state index is 12.1. The van der Waals surface area contributed by atoms with E-state index in [9.17, 15) is 4.79 Å². The van der Waals surface area contributed by atoms with Crippen LogP contribution in [0.4, 0.5) is 0 Å². The molecular formula is C18H24ClN3O2. The van der Waals surface area contributed by atoms with E-state index >= 15 is 0 Å². The highest BCUT2D eigenvalue weighted by Crippen LogP contribution is 2.24. The molecule has 0 aliphatic carbocycles. The summed E-state index contributed by atoms with van der Waals surface area (Å²) in [5.74, 6) is 0.773. The topological polar surface area (TPSA) is 47.4 Å². The van der Waals surface area contributed by atoms with Crippen molar-refractivity contribution >= 4 is 11.6 Å². The van der Waals surface area contributed by atoms with E-state index in [2.05, 4.69) is 25.9 Å². The summed E-state index contributed by atoms with van der Waals surface area (Å²) in [5, 5.41) is 5.15. The predicted molar refractivity (Wildman–Crippen MR) is 96.7 cm³/mol. The number of halogens is 1. The third kappa shape index (κ3) is 4.58. The van der Waals surface area contributed by atoms with Crippen molar-refractivity contribution in [3.05, 3.63) is 57.0 Å². The van der Waals surface area contributed by atoms with Crippen LogP contribution >= 0.6 is 11.6 Å². The van der Waals surface area contributed by atoms with E-state index in [1.54, 1.807) is 25.3 Å². The molecule has 0 fully saturated rings. The van der Waals surface area contributed by atoms with E-state index in [1.165, 1.54) is 4.68 Å². The second kappa shape index (κ2) is 7.36. The average Bonchev–Trinajstić information content (AvgIpc) is 2.48. The summed E-state index contributed by atoms with van der Waals surface area (Å²) in [5.41, 5.74) is 1.63. The number of nitrogens with zero attached hydrogens (tertiary/aromatic N) is 3. The minimum Gasteiger partial charge on any atom is -0.496 e. The molecule has 0 unspecified atom stereocenters. The van der Waals surface area contributed by atoms with Crippen molar-refractivity contribution in [2.75, 3.05) is 14.2 Å². The monoisotopic (exact) mass is 349 g/mol. The lowest BCUT2D eigenvalue weighted by atomic mass is 9.92. The molecule has 0 aliphatic rings. The smallest absolute Gasteiger partial charge is 0.267 e. The van der Waals surface area contributed by atoms with Crippen molar-refractivity contribution in [2.24, 2.45) is 0 Å². The number of benzene rings is 1. The Morgan fingerprint density at radius 2 is 1.96 bits per heavy atom. The molecule has 0 bridgehead atoms. The fourth-order valence-electron chi connectivity index (χ4n) is 2.39. The van der Waals surface area contributed by atoms with Crippen LogP contribution in [0.25, 0.3) is 0 Å². The molecule has 6 heteroatoms. The van der Waals surface area contributed by atoms with Gasteiger partial charge in [0.2, 0.25) is 0 Å². The van der Waals surface area contributed by atoms with E-state index in [0.29, 0.717) is 18.2 Å². The van der Waals surface area contributed by atoms with Crippen LogP contribution in [0.15, 0.2) is 35.1 Å². The van der Waals surface area contributed by atoms with Crippen molar-refractivity contribution < 1.29 is 4.74 Å². The van der Waals surface area contributed by atoms with Gasteiger partial charge in [0.25, 0.3) is 5.56 Å². The summed E-state index contributed by atoms with van der Waals surface area (Å²) in [4.78, 5) is 14.1. The Bertz CT molecular complexity index is 766. The van der Waals surface area contributed by atoms with Gasteiger partial charge in [0.15, 0.2) is 0 Å². The Balaban J connectivity index is 2.20. The second-order valence-electron chi connectivity index (χ2n) is 6.92. The Kier molecular flexibility index (Phi) is 5.67. The largest absolute Gasteiger partial charge is 0.496 e. The molecule has 24 heavy (non-hydrogen) atoms. The van der Waals surface area contributed by atoms with Gasteiger partial charge >= 0.3 is 0 Å². The van der Waals surface area contributed by atoms with Gasteiger partial charge in [0, 0.05) is 28.6 Å². The highest BCUT2D eigenvalue weighted by Gasteiger charge is 2.17. The summed E-state index contributed by atoms with van der Waals surface area (Å²) in [6.45, 7) is 7.20. The van der Waals surface area contributed by atoms with Crippen LogP contribution in [0.5, 0.6) is 5.75 Å². The molecule has 2 rings (SSSR count). The van der Waals surface area contributed by atoms with Gasteiger partial charge in [0.05, 0.1) is 19.5 Å². The Morgan fingerprint density at radius 1 is 1.25 bits per heavy atom. The number of hydrogen-bond donors (Lipinski definition) is 0. The molecule has 5 nitrogen and oxygen atoms in total. The second-order valence-corrected chi connectivity index (χ2v) is 7.35. The quantitative estimate of drug-likeness (QED) is 0.831. The molecule has 0 amide bonds. The molecule has 130 valence electrons. The number of ether oxygens (including phenoxy) is 1. The zero-order valence-electron chi connectivity index (χ0n) is 14.8. The van der Waals surface area contributed by atoms with E-state index in [-0.39, 0.29) is 11.0 Å². The molecule has 0 radical (unpaired) electrons. The first kappa shape index (κ1) is 18.5. The minimum absolute atomic E-state index is 0.107. The molecule has 0 aliphatic heterocycles. The normalized spacial score (nSPS) is 11.8. The summed E-state index contributed by atoms with van der Waals surface area (Å²) < 4.78 is 6.85. The van der Waals surface area contributed by atoms with Crippen molar-refractivity contribution in [2.45, 2.75) is 39.4 Å². The van der Waals surface area contributed by atoms with Gasteiger partial charge in [-0.25, -0.2) is 4.68 Å². The van der Waals surface area contributed by atoms with Gasteiger partial charge in [-0.1, -0.05) is 32.4 Å². The molecule has 1 heterocycles.